The van der Waals surface area contributed by atoms with Crippen LogP contribution in [0.2, 0.25) is 0 Å². The Morgan fingerprint density at radius 1 is 1.00 bits per heavy atom. The summed E-state index contributed by atoms with van der Waals surface area (Å²) in [7, 11) is 1.62. The molecule has 6 heteroatoms. The Balaban J connectivity index is 1.57. The third-order valence-electron chi connectivity index (χ3n) is 5.65. The van der Waals surface area contributed by atoms with Gasteiger partial charge in [-0.1, -0.05) is 49.6 Å². The van der Waals surface area contributed by atoms with E-state index in [9.17, 15) is 9.59 Å². The maximum atomic E-state index is 12.9. The summed E-state index contributed by atoms with van der Waals surface area (Å²) in [6.45, 7) is 1.15. The fraction of sp³-hybridized carbons (Fsp3) is 0.440. The first-order valence-electron chi connectivity index (χ1n) is 11.0. The van der Waals surface area contributed by atoms with E-state index in [-0.39, 0.29) is 18.4 Å². The van der Waals surface area contributed by atoms with E-state index in [1.54, 1.807) is 31.4 Å². The zero-order valence-corrected chi connectivity index (χ0v) is 18.1. The third-order valence-corrected chi connectivity index (χ3v) is 5.65. The summed E-state index contributed by atoms with van der Waals surface area (Å²) in [5.74, 6) is 0.760. The molecule has 0 aromatic heterocycles. The number of nitrogens with one attached hydrogen (secondary N) is 2. The molecule has 1 saturated carbocycles. The van der Waals surface area contributed by atoms with Gasteiger partial charge in [-0.3, -0.25) is 9.59 Å². The number of benzene rings is 2. The summed E-state index contributed by atoms with van der Waals surface area (Å²) in [6, 6.07) is 15.6. The maximum Gasteiger partial charge on any atom is 0.251 e. The van der Waals surface area contributed by atoms with Crippen LogP contribution < -0.4 is 15.4 Å². The molecule has 1 fully saturated rings. The molecule has 1 atom stereocenters. The van der Waals surface area contributed by atoms with Crippen LogP contribution in [0.3, 0.4) is 0 Å². The van der Waals surface area contributed by atoms with Crippen LogP contribution in [0.5, 0.6) is 5.75 Å². The van der Waals surface area contributed by atoms with Crippen molar-refractivity contribution in [2.45, 2.75) is 44.7 Å². The van der Waals surface area contributed by atoms with Gasteiger partial charge in [0.25, 0.3) is 5.91 Å². The van der Waals surface area contributed by atoms with Gasteiger partial charge in [-0.15, -0.1) is 0 Å². The van der Waals surface area contributed by atoms with Crippen LogP contribution in [0.25, 0.3) is 0 Å². The van der Waals surface area contributed by atoms with Gasteiger partial charge in [0, 0.05) is 18.7 Å². The number of rotatable bonds is 10. The highest BCUT2D eigenvalue weighted by Gasteiger charge is 2.23. The van der Waals surface area contributed by atoms with Gasteiger partial charge in [-0.25, -0.2) is 0 Å². The second-order valence-corrected chi connectivity index (χ2v) is 8.00. The van der Waals surface area contributed by atoms with Crippen LogP contribution in [0, 0.1) is 5.92 Å². The lowest BCUT2D eigenvalue weighted by molar-refractivity contribution is -0.124. The van der Waals surface area contributed by atoms with Crippen molar-refractivity contribution in [3.63, 3.8) is 0 Å². The van der Waals surface area contributed by atoms with Gasteiger partial charge < -0.3 is 20.1 Å². The standard InChI is InChI=1S/C25H32N2O4/c1-30-22-14-12-19(13-15-22)16-26-25(29)23(18-31-17-20-8-4-2-5-9-20)27-24(28)21-10-6-3-7-11-21/h3,6-7,10-15,20,23H,2,4-5,8-9,16-18H2,1H3,(H,26,29)(H,27,28). The van der Waals surface area contributed by atoms with Gasteiger partial charge in [0.1, 0.15) is 11.8 Å². The Hall–Kier alpha value is -2.86. The van der Waals surface area contributed by atoms with E-state index < -0.39 is 6.04 Å². The van der Waals surface area contributed by atoms with Gasteiger partial charge in [0.05, 0.1) is 13.7 Å². The normalized spacial score (nSPS) is 15.1. The van der Waals surface area contributed by atoms with Gasteiger partial charge in [0.2, 0.25) is 5.91 Å². The Morgan fingerprint density at radius 3 is 2.39 bits per heavy atom. The molecule has 2 amide bonds. The minimum absolute atomic E-state index is 0.156. The highest BCUT2D eigenvalue weighted by Crippen LogP contribution is 2.23. The third kappa shape index (κ3) is 7.40. The number of hydrogen-bond acceptors (Lipinski definition) is 4. The van der Waals surface area contributed by atoms with Crippen molar-refractivity contribution in [3.8, 4) is 5.75 Å². The number of methoxy groups -OCH3 is 1. The van der Waals surface area contributed by atoms with Gasteiger partial charge in [-0.05, 0) is 48.6 Å². The molecule has 0 aliphatic heterocycles. The smallest absolute Gasteiger partial charge is 0.251 e. The lowest BCUT2D eigenvalue weighted by atomic mass is 9.90. The number of hydrogen-bond donors (Lipinski definition) is 2. The Kier molecular flexibility index (Phi) is 8.91. The highest BCUT2D eigenvalue weighted by atomic mass is 16.5. The minimum atomic E-state index is -0.755. The zero-order chi connectivity index (χ0) is 21.9. The lowest BCUT2D eigenvalue weighted by Gasteiger charge is -2.23. The molecule has 1 aliphatic rings. The van der Waals surface area contributed by atoms with Crippen LogP contribution in [-0.4, -0.2) is 38.2 Å². The van der Waals surface area contributed by atoms with Crippen molar-refractivity contribution in [3.05, 3.63) is 65.7 Å². The molecule has 166 valence electrons. The number of amides is 2. The molecule has 0 spiro atoms. The van der Waals surface area contributed by atoms with Crippen LogP contribution in [0.4, 0.5) is 0 Å². The first-order chi connectivity index (χ1) is 15.2. The van der Waals surface area contributed by atoms with Crippen molar-refractivity contribution in [2.24, 2.45) is 5.92 Å². The maximum absolute atomic E-state index is 12.9. The van der Waals surface area contributed by atoms with Crippen molar-refractivity contribution < 1.29 is 19.1 Å². The molecular weight excluding hydrogens is 392 g/mol. The van der Waals surface area contributed by atoms with E-state index in [1.807, 2.05) is 30.3 Å². The van der Waals surface area contributed by atoms with Gasteiger partial charge >= 0.3 is 0 Å². The summed E-state index contributed by atoms with van der Waals surface area (Å²) in [5, 5.41) is 5.74. The molecule has 0 heterocycles. The molecule has 0 radical (unpaired) electrons. The summed E-state index contributed by atoms with van der Waals surface area (Å²) < 4.78 is 11.0. The Bertz CT molecular complexity index is 817. The molecule has 31 heavy (non-hydrogen) atoms. The number of carbonyl (C=O) groups excluding carboxylic acids is 2. The largest absolute Gasteiger partial charge is 0.497 e. The quantitative estimate of drug-likeness (QED) is 0.610. The predicted molar refractivity (Wildman–Crippen MR) is 120 cm³/mol. The van der Waals surface area contributed by atoms with Crippen LogP contribution in [-0.2, 0) is 16.1 Å². The number of ether oxygens (including phenoxy) is 2. The van der Waals surface area contributed by atoms with E-state index in [1.165, 1.54) is 32.1 Å². The van der Waals surface area contributed by atoms with E-state index in [0.717, 1.165) is 11.3 Å². The second kappa shape index (κ2) is 12.1. The first kappa shape index (κ1) is 22.8. The van der Waals surface area contributed by atoms with Crippen molar-refractivity contribution in [2.75, 3.05) is 20.3 Å². The van der Waals surface area contributed by atoms with Crippen molar-refractivity contribution in [1.29, 1.82) is 0 Å². The van der Waals surface area contributed by atoms with Crippen LogP contribution >= 0.6 is 0 Å². The van der Waals surface area contributed by atoms with Crippen LogP contribution in [0.1, 0.15) is 48.0 Å². The molecular formula is C25H32N2O4. The highest BCUT2D eigenvalue weighted by molar-refractivity contribution is 5.97. The predicted octanol–water partition coefficient (Wildman–Crippen LogP) is 3.71. The van der Waals surface area contributed by atoms with Crippen molar-refractivity contribution in [1.82, 2.24) is 10.6 Å². The fourth-order valence-electron chi connectivity index (χ4n) is 3.78. The molecule has 2 aromatic rings. The Labute approximate surface area is 184 Å². The van der Waals surface area contributed by atoms with Crippen molar-refractivity contribution >= 4 is 11.8 Å². The molecule has 0 bridgehead atoms. The van der Waals surface area contributed by atoms with Gasteiger partial charge in [0.15, 0.2) is 0 Å². The summed E-state index contributed by atoms with van der Waals surface area (Å²) in [4.78, 5) is 25.5. The van der Waals surface area contributed by atoms with E-state index in [0.29, 0.717) is 24.6 Å². The molecule has 0 saturated heterocycles. The zero-order valence-electron chi connectivity index (χ0n) is 18.1. The van der Waals surface area contributed by atoms with Crippen LogP contribution in [0.15, 0.2) is 54.6 Å². The molecule has 1 unspecified atom stereocenters. The lowest BCUT2D eigenvalue weighted by Crippen LogP contribution is -2.49. The average Bonchev–Trinajstić information content (AvgIpc) is 2.83. The molecule has 1 aliphatic carbocycles. The van der Waals surface area contributed by atoms with E-state index >= 15 is 0 Å². The summed E-state index contributed by atoms with van der Waals surface area (Å²) >= 11 is 0. The second-order valence-electron chi connectivity index (χ2n) is 8.00. The van der Waals surface area contributed by atoms with Gasteiger partial charge in [-0.2, -0.15) is 0 Å². The topological polar surface area (TPSA) is 76.7 Å². The Morgan fingerprint density at radius 2 is 1.71 bits per heavy atom. The molecule has 3 rings (SSSR count). The molecule has 2 N–H and O–H groups in total. The molecule has 2 aromatic carbocycles. The monoisotopic (exact) mass is 424 g/mol. The van der Waals surface area contributed by atoms with E-state index in [4.69, 9.17) is 9.47 Å². The summed E-state index contributed by atoms with van der Waals surface area (Å²) in [6.07, 6.45) is 6.12. The number of carbonyl (C=O) groups is 2. The average molecular weight is 425 g/mol. The summed E-state index contributed by atoms with van der Waals surface area (Å²) in [5.41, 5.74) is 1.47. The molecule has 6 nitrogen and oxygen atoms in total. The fourth-order valence-corrected chi connectivity index (χ4v) is 3.78. The first-order valence-corrected chi connectivity index (χ1v) is 11.0. The SMILES string of the molecule is COc1ccc(CNC(=O)C(COCC2CCCCC2)NC(=O)c2ccccc2)cc1. The van der Waals surface area contributed by atoms with E-state index in [2.05, 4.69) is 10.6 Å². The minimum Gasteiger partial charge on any atom is -0.497 e.